The zero-order valence-electron chi connectivity index (χ0n) is 22.4. The number of halogens is 1. The van der Waals surface area contributed by atoms with Gasteiger partial charge in [0.15, 0.2) is 0 Å². The number of hydrogen-bond donors (Lipinski definition) is 3. The standard InChI is InChI=1S/C29H34ClN7O/c1-18-6-5-7-21(26(18)30)28(32-2)25-22(31)10-8-19-17-33-29(35-27(19)25)34-23-11-9-20(16-24(23)38-4)37-14-12-36(3)13-15-37/h5-7,9,11,16-17,31-32H,8,10,12-15H2,1-4H3,(H,33,34,35)/b28-25+,31-22?. The van der Waals surface area contributed by atoms with Gasteiger partial charge in [-0.25, -0.2) is 9.97 Å². The Morgan fingerprint density at radius 1 is 1.11 bits per heavy atom. The van der Waals surface area contributed by atoms with E-state index in [0.29, 0.717) is 23.1 Å². The van der Waals surface area contributed by atoms with E-state index in [1.165, 1.54) is 0 Å². The molecule has 9 heteroatoms. The second-order valence-corrected chi connectivity index (χ2v) is 10.2. The lowest BCUT2D eigenvalue weighted by Crippen LogP contribution is -2.44. The van der Waals surface area contributed by atoms with Gasteiger partial charge in [-0.2, -0.15) is 0 Å². The molecule has 1 aliphatic heterocycles. The summed E-state index contributed by atoms with van der Waals surface area (Å²) in [7, 11) is 5.69. The van der Waals surface area contributed by atoms with E-state index >= 15 is 0 Å². The van der Waals surface area contributed by atoms with Crippen LogP contribution in [0, 0.1) is 12.3 Å². The van der Waals surface area contributed by atoms with Crippen molar-refractivity contribution in [3.63, 3.8) is 0 Å². The number of aryl methyl sites for hydroxylation is 2. The van der Waals surface area contributed by atoms with E-state index in [4.69, 9.17) is 26.7 Å². The lowest BCUT2D eigenvalue weighted by Gasteiger charge is -2.34. The number of piperazine rings is 1. The Labute approximate surface area is 229 Å². The summed E-state index contributed by atoms with van der Waals surface area (Å²) < 4.78 is 5.74. The van der Waals surface area contributed by atoms with Gasteiger partial charge >= 0.3 is 0 Å². The summed E-state index contributed by atoms with van der Waals surface area (Å²) in [5, 5.41) is 16.1. The Bertz CT molecular complexity index is 1400. The monoisotopic (exact) mass is 531 g/mol. The van der Waals surface area contributed by atoms with Crippen molar-refractivity contribution in [2.24, 2.45) is 0 Å². The fraction of sp³-hybridized carbons (Fsp3) is 0.345. The molecule has 1 fully saturated rings. The third-order valence-electron chi connectivity index (χ3n) is 7.31. The van der Waals surface area contributed by atoms with Crippen molar-refractivity contribution in [1.82, 2.24) is 20.2 Å². The molecule has 38 heavy (non-hydrogen) atoms. The minimum atomic E-state index is 0.451. The van der Waals surface area contributed by atoms with Gasteiger partial charge in [-0.15, -0.1) is 0 Å². The van der Waals surface area contributed by atoms with Gasteiger partial charge in [0.05, 0.1) is 29.2 Å². The average molecular weight is 532 g/mol. The lowest BCUT2D eigenvalue weighted by molar-refractivity contribution is 0.312. The molecular weight excluding hydrogens is 498 g/mol. The second-order valence-electron chi connectivity index (χ2n) is 9.78. The lowest BCUT2D eigenvalue weighted by atomic mass is 9.87. The van der Waals surface area contributed by atoms with Crippen LogP contribution in [0.2, 0.25) is 5.02 Å². The summed E-state index contributed by atoms with van der Waals surface area (Å²) in [5.74, 6) is 1.18. The fourth-order valence-electron chi connectivity index (χ4n) is 5.06. The van der Waals surface area contributed by atoms with Crippen molar-refractivity contribution in [3.05, 3.63) is 70.0 Å². The van der Waals surface area contributed by atoms with Crippen LogP contribution >= 0.6 is 11.6 Å². The molecule has 3 aromatic rings. The maximum atomic E-state index is 8.82. The first-order valence-electron chi connectivity index (χ1n) is 12.9. The van der Waals surface area contributed by atoms with Gasteiger partial charge in [-0.1, -0.05) is 29.8 Å². The molecule has 5 rings (SSSR count). The van der Waals surface area contributed by atoms with Crippen molar-refractivity contribution in [1.29, 1.82) is 5.41 Å². The Hall–Kier alpha value is -3.62. The van der Waals surface area contributed by atoms with Crippen molar-refractivity contribution >= 4 is 45.9 Å². The number of ether oxygens (including phenoxy) is 1. The number of rotatable bonds is 6. The fourth-order valence-corrected chi connectivity index (χ4v) is 5.28. The summed E-state index contributed by atoms with van der Waals surface area (Å²) in [6.45, 7) is 6.04. The molecule has 198 valence electrons. The van der Waals surface area contributed by atoms with E-state index in [9.17, 15) is 0 Å². The average Bonchev–Trinajstić information content (AvgIpc) is 2.93. The molecule has 2 aliphatic rings. The van der Waals surface area contributed by atoms with Gasteiger partial charge < -0.3 is 30.6 Å². The highest BCUT2D eigenvalue weighted by molar-refractivity contribution is 6.35. The summed E-state index contributed by atoms with van der Waals surface area (Å²) in [5.41, 5.74) is 7.60. The molecule has 1 aromatic heterocycles. The van der Waals surface area contributed by atoms with Gasteiger partial charge in [0.1, 0.15) is 5.75 Å². The topological polar surface area (TPSA) is 89.4 Å². The Morgan fingerprint density at radius 3 is 2.63 bits per heavy atom. The number of benzene rings is 2. The van der Waals surface area contributed by atoms with Crippen LogP contribution in [0.15, 0.2) is 42.6 Å². The van der Waals surface area contributed by atoms with Crippen LogP contribution in [0.4, 0.5) is 17.3 Å². The number of nitrogens with one attached hydrogen (secondary N) is 3. The van der Waals surface area contributed by atoms with Crippen molar-refractivity contribution < 1.29 is 4.74 Å². The molecule has 0 spiro atoms. The van der Waals surface area contributed by atoms with E-state index in [1.54, 1.807) is 7.11 Å². The Morgan fingerprint density at radius 2 is 1.89 bits per heavy atom. The van der Waals surface area contributed by atoms with Crippen LogP contribution in [0.25, 0.3) is 11.3 Å². The van der Waals surface area contributed by atoms with Crippen LogP contribution in [-0.2, 0) is 6.42 Å². The smallest absolute Gasteiger partial charge is 0.227 e. The van der Waals surface area contributed by atoms with Crippen molar-refractivity contribution in [3.8, 4) is 5.75 Å². The first-order chi connectivity index (χ1) is 18.4. The maximum absolute atomic E-state index is 8.82. The molecule has 0 unspecified atom stereocenters. The number of methoxy groups -OCH3 is 1. The first kappa shape index (κ1) is 26.0. The molecule has 2 heterocycles. The summed E-state index contributed by atoms with van der Waals surface area (Å²) in [6.07, 6.45) is 3.20. The number of nitrogens with zero attached hydrogens (tertiary/aromatic N) is 4. The first-order valence-corrected chi connectivity index (χ1v) is 13.3. The van der Waals surface area contributed by atoms with Gasteiger partial charge in [-0.3, -0.25) is 0 Å². The van der Waals surface area contributed by atoms with Crippen molar-refractivity contribution in [2.75, 3.05) is 57.6 Å². The molecule has 0 saturated carbocycles. The molecule has 1 aliphatic carbocycles. The van der Waals surface area contributed by atoms with Crippen molar-refractivity contribution in [2.45, 2.75) is 19.8 Å². The number of anilines is 3. The maximum Gasteiger partial charge on any atom is 0.227 e. The highest BCUT2D eigenvalue weighted by Gasteiger charge is 2.26. The third kappa shape index (κ3) is 5.06. The Balaban J connectivity index is 1.50. The number of fused-ring (bicyclic) bond motifs is 1. The van der Waals surface area contributed by atoms with Gasteiger partial charge in [0.25, 0.3) is 0 Å². The highest BCUT2D eigenvalue weighted by atomic mass is 35.5. The van der Waals surface area contributed by atoms with Crippen LogP contribution in [0.5, 0.6) is 5.75 Å². The molecule has 0 atom stereocenters. The molecule has 0 radical (unpaired) electrons. The zero-order valence-corrected chi connectivity index (χ0v) is 23.1. The molecule has 0 amide bonds. The van der Waals surface area contributed by atoms with E-state index in [-0.39, 0.29) is 0 Å². The number of allylic oxidation sites excluding steroid dienone is 1. The van der Waals surface area contributed by atoms with E-state index < -0.39 is 0 Å². The van der Waals surface area contributed by atoms with Gasteiger partial charge in [0.2, 0.25) is 5.95 Å². The molecule has 3 N–H and O–H groups in total. The predicted octanol–water partition coefficient (Wildman–Crippen LogP) is 5.00. The summed E-state index contributed by atoms with van der Waals surface area (Å²) >= 11 is 6.70. The van der Waals surface area contributed by atoms with E-state index in [1.807, 2.05) is 44.4 Å². The molecule has 0 bridgehead atoms. The van der Waals surface area contributed by atoms with Crippen LogP contribution < -0.4 is 20.3 Å². The molecule has 2 aromatic carbocycles. The van der Waals surface area contributed by atoms with Crippen LogP contribution in [-0.4, -0.2) is 68.0 Å². The second kappa shape index (κ2) is 11.0. The molecule has 1 saturated heterocycles. The quantitative estimate of drug-likeness (QED) is 0.412. The third-order valence-corrected chi connectivity index (χ3v) is 7.81. The minimum absolute atomic E-state index is 0.451. The van der Waals surface area contributed by atoms with E-state index in [2.05, 4.69) is 44.6 Å². The predicted molar refractivity (Wildman–Crippen MR) is 156 cm³/mol. The normalized spacial score (nSPS) is 17.2. The highest BCUT2D eigenvalue weighted by Crippen LogP contribution is 2.37. The van der Waals surface area contributed by atoms with Crippen LogP contribution in [0.1, 0.15) is 28.8 Å². The van der Waals surface area contributed by atoms with E-state index in [0.717, 1.165) is 83.4 Å². The van der Waals surface area contributed by atoms with Gasteiger partial charge in [0, 0.05) is 68.0 Å². The van der Waals surface area contributed by atoms with Crippen LogP contribution in [0.3, 0.4) is 0 Å². The van der Waals surface area contributed by atoms with Gasteiger partial charge in [-0.05, 0) is 50.1 Å². The molecular formula is C29H34ClN7O. The minimum Gasteiger partial charge on any atom is -0.494 e. The SMILES string of the molecule is CN/C(=C1\C(=N)CCc2cnc(Nc3ccc(N4CCN(C)CC4)cc3OC)nc21)c1cccc(C)c1Cl. The molecule has 8 nitrogen and oxygen atoms in total. The largest absolute Gasteiger partial charge is 0.494 e. The number of hydrogen-bond acceptors (Lipinski definition) is 8. The zero-order chi connectivity index (χ0) is 26.8. The number of likely N-dealkylation sites (N-methyl/N-ethyl adjacent to an activating group) is 1. The summed E-state index contributed by atoms with van der Waals surface area (Å²) in [4.78, 5) is 14.2. The summed E-state index contributed by atoms with van der Waals surface area (Å²) in [6, 6.07) is 12.1. The number of aromatic nitrogens is 2. The Kier molecular flexibility index (Phi) is 7.53.